The Balaban J connectivity index is 0.000000248. The standard InChI is InChI=1S/5C12H12N2.H2O4S2.2H2O/c3*13-11-5-1-9(2-6-11)10-3-7-12(14)8-4-10;13-11-5-1-3-9(7-11)10-4-2-6-12(14)8-10;13-11-6-4-9(5-7-11)10-2-1-3-12(14)8-10;1-5(2)6(3)4;;/h5*1-8H,13-14H2;5-6H;2*1H2. The van der Waals surface area contributed by atoms with Crippen LogP contribution in [-0.4, -0.2) is 27.8 Å². The Morgan fingerprint density at radius 1 is 0.179 bits per heavy atom. The Kier molecular flexibility index (Phi) is 25.3. The molecule has 0 radical (unpaired) electrons. The molecule has 0 saturated heterocycles. The molecule has 0 aliphatic carbocycles. The second kappa shape index (κ2) is 31.7. The van der Waals surface area contributed by atoms with Gasteiger partial charge in [0.15, 0.2) is 0 Å². The zero-order valence-corrected chi connectivity index (χ0v) is 44.2. The molecule has 10 aromatic rings. The molecule has 18 heteroatoms. The number of hydrogen-bond donors (Lipinski definition) is 12. The van der Waals surface area contributed by atoms with Gasteiger partial charge in [0.25, 0.3) is 0 Å². The van der Waals surface area contributed by atoms with Crippen LogP contribution in [0.4, 0.5) is 56.9 Å². The molecule has 0 saturated carbocycles. The summed E-state index contributed by atoms with van der Waals surface area (Å²) in [6.45, 7) is 0. The first kappa shape index (κ1) is 62.3. The van der Waals surface area contributed by atoms with Crippen LogP contribution in [0.25, 0.3) is 55.6 Å². The monoisotopic (exact) mass is 1090 g/mol. The lowest BCUT2D eigenvalue weighted by molar-refractivity contribution is 0.603. The molecule has 404 valence electrons. The molecule has 0 heterocycles. The van der Waals surface area contributed by atoms with Crippen LogP contribution in [0, 0.1) is 0 Å². The lowest BCUT2D eigenvalue weighted by Gasteiger charge is -2.03. The molecule has 0 atom stereocenters. The highest BCUT2D eigenvalue weighted by atomic mass is 33.1. The van der Waals surface area contributed by atoms with E-state index in [1.807, 2.05) is 243 Å². The van der Waals surface area contributed by atoms with Gasteiger partial charge < -0.3 is 68.3 Å². The van der Waals surface area contributed by atoms with Crippen molar-refractivity contribution in [1.29, 1.82) is 0 Å². The summed E-state index contributed by atoms with van der Waals surface area (Å²) in [7, 11) is -6.41. The fourth-order valence-electron chi connectivity index (χ4n) is 6.88. The Morgan fingerprint density at radius 2 is 0.321 bits per heavy atom. The molecule has 0 aliphatic heterocycles. The summed E-state index contributed by atoms with van der Waals surface area (Å²) in [5.41, 5.74) is 75.5. The molecule has 78 heavy (non-hydrogen) atoms. The largest absolute Gasteiger partial charge is 0.412 e. The lowest BCUT2D eigenvalue weighted by atomic mass is 10.0. The Bertz CT molecular complexity index is 3110. The van der Waals surface area contributed by atoms with Crippen LogP contribution in [0.3, 0.4) is 0 Å². The normalized spacial score (nSPS) is 9.77. The van der Waals surface area contributed by atoms with E-state index >= 15 is 0 Å². The van der Waals surface area contributed by atoms with Crippen molar-refractivity contribution in [2.45, 2.75) is 0 Å². The van der Waals surface area contributed by atoms with Crippen molar-refractivity contribution >= 4 is 76.3 Å². The van der Waals surface area contributed by atoms with Crippen molar-refractivity contribution in [2.24, 2.45) is 0 Å². The van der Waals surface area contributed by atoms with Crippen molar-refractivity contribution < 1.29 is 27.8 Å². The number of nitrogen functional groups attached to an aromatic ring is 10. The number of nitrogens with two attached hydrogens (primary N) is 10. The van der Waals surface area contributed by atoms with Crippen molar-refractivity contribution in [3.05, 3.63) is 243 Å². The van der Waals surface area contributed by atoms with Crippen molar-refractivity contribution in [1.82, 2.24) is 0 Å². The maximum Gasteiger partial charge on any atom is 0.241 e. The summed E-state index contributed by atoms with van der Waals surface area (Å²) in [4.78, 5) is 0. The summed E-state index contributed by atoms with van der Waals surface area (Å²) in [5.74, 6) is 0. The van der Waals surface area contributed by atoms with E-state index in [-0.39, 0.29) is 11.0 Å². The third-order valence-electron chi connectivity index (χ3n) is 10.8. The van der Waals surface area contributed by atoms with E-state index in [1.54, 1.807) is 0 Å². The van der Waals surface area contributed by atoms with Crippen LogP contribution < -0.4 is 57.3 Å². The Morgan fingerprint density at radius 3 is 0.462 bits per heavy atom. The summed E-state index contributed by atoms with van der Waals surface area (Å²) in [5, 5.41) is 0. The van der Waals surface area contributed by atoms with Crippen molar-refractivity contribution in [2.75, 3.05) is 57.3 Å². The van der Waals surface area contributed by atoms with E-state index in [4.69, 9.17) is 74.2 Å². The molecule has 24 N–H and O–H groups in total. The highest BCUT2D eigenvalue weighted by molar-refractivity contribution is 8.50. The van der Waals surface area contributed by atoms with Crippen molar-refractivity contribution in [3.63, 3.8) is 0 Å². The van der Waals surface area contributed by atoms with E-state index in [0.717, 1.165) is 113 Å². The number of benzene rings is 10. The van der Waals surface area contributed by atoms with Gasteiger partial charge in [-0.25, -0.2) is 16.8 Å². The molecule has 0 fully saturated rings. The first-order valence-corrected chi connectivity index (χ1v) is 26.3. The van der Waals surface area contributed by atoms with Gasteiger partial charge in [0.1, 0.15) is 0 Å². The minimum Gasteiger partial charge on any atom is -0.412 e. The van der Waals surface area contributed by atoms with Gasteiger partial charge in [-0.2, -0.15) is 0 Å². The summed E-state index contributed by atoms with van der Waals surface area (Å²) < 4.78 is 36.6. The van der Waals surface area contributed by atoms with Gasteiger partial charge in [0, 0.05) is 56.9 Å². The highest BCUT2D eigenvalue weighted by Crippen LogP contribution is 2.26. The van der Waals surface area contributed by atoms with Crippen LogP contribution in [-0.2, 0) is 19.5 Å². The van der Waals surface area contributed by atoms with E-state index < -0.39 is 19.5 Å². The van der Waals surface area contributed by atoms with Gasteiger partial charge in [0.2, 0.25) is 19.5 Å². The number of thiol groups is 2. The third-order valence-corrected chi connectivity index (χ3v) is 11.9. The van der Waals surface area contributed by atoms with Crippen LogP contribution in [0.5, 0.6) is 0 Å². The summed E-state index contributed by atoms with van der Waals surface area (Å²) >= 11 is 0. The van der Waals surface area contributed by atoms with Crippen LogP contribution in [0.2, 0.25) is 0 Å². The molecule has 0 aromatic heterocycles. The predicted molar refractivity (Wildman–Crippen MR) is 331 cm³/mol. The number of hydrogen-bond acceptors (Lipinski definition) is 14. The minimum atomic E-state index is -3.21. The molecule has 0 spiro atoms. The quantitative estimate of drug-likeness (QED) is 0.0420. The fraction of sp³-hybridized carbons (Fsp3) is 0. The molecular weight excluding hydrogens is 1020 g/mol. The zero-order chi connectivity index (χ0) is 55.0. The van der Waals surface area contributed by atoms with E-state index in [9.17, 15) is 0 Å². The van der Waals surface area contributed by atoms with Gasteiger partial charge in [0.05, 0.1) is 0 Å². The molecule has 16 nitrogen and oxygen atoms in total. The molecule has 0 amide bonds. The number of rotatable bonds is 6. The first-order chi connectivity index (χ1) is 36.4. The van der Waals surface area contributed by atoms with Gasteiger partial charge in [-0.3, -0.25) is 0 Å². The zero-order valence-electron chi connectivity index (χ0n) is 42.4. The third kappa shape index (κ3) is 21.5. The highest BCUT2D eigenvalue weighted by Gasteiger charge is 2.01. The summed E-state index contributed by atoms with van der Waals surface area (Å²) in [6.07, 6.45) is 0. The van der Waals surface area contributed by atoms with Crippen molar-refractivity contribution in [3.8, 4) is 55.6 Å². The smallest absolute Gasteiger partial charge is 0.241 e. The molecule has 10 rings (SSSR count). The topological polar surface area (TPSA) is 391 Å². The van der Waals surface area contributed by atoms with E-state index in [2.05, 4.69) is 0 Å². The Hall–Kier alpha value is -9.98. The maximum atomic E-state index is 9.14. The SMILES string of the molecule is Nc1ccc(-c2ccc(N)cc2)cc1.Nc1ccc(-c2ccc(N)cc2)cc1.Nc1ccc(-c2ccc(N)cc2)cc1.Nc1ccc(-c2cccc(N)c2)cc1.Nc1cccc(-c2cccc(N)c2)c1.O.O.O=[SH](=O)[SH](=O)=O. The first-order valence-electron chi connectivity index (χ1n) is 23.3. The van der Waals surface area contributed by atoms with E-state index in [0.29, 0.717) is 0 Å². The minimum absolute atomic E-state index is 0. The van der Waals surface area contributed by atoms with E-state index in [1.165, 1.54) is 0 Å². The van der Waals surface area contributed by atoms with Crippen LogP contribution in [0.1, 0.15) is 0 Å². The molecule has 10 aromatic carbocycles. The molecular formula is C60H66N10O6S2. The number of anilines is 10. The predicted octanol–water partition coefficient (Wildman–Crippen LogP) is 9.06. The van der Waals surface area contributed by atoms with Gasteiger partial charge in [-0.1, -0.05) is 121 Å². The van der Waals surface area contributed by atoms with Gasteiger partial charge in [-0.15, -0.1) is 0 Å². The maximum absolute atomic E-state index is 9.14. The average molecular weight is 1090 g/mol. The van der Waals surface area contributed by atoms with Gasteiger partial charge >= 0.3 is 0 Å². The fourth-order valence-corrected chi connectivity index (χ4v) is 6.88. The lowest BCUT2D eigenvalue weighted by Crippen LogP contribution is -1.87. The second-order valence-corrected chi connectivity index (χ2v) is 19.6. The average Bonchev–Trinajstić information content (AvgIpc) is 3.41. The van der Waals surface area contributed by atoms with Crippen LogP contribution in [0.15, 0.2) is 243 Å². The van der Waals surface area contributed by atoms with Crippen LogP contribution >= 0.6 is 0 Å². The molecule has 0 bridgehead atoms. The molecule has 0 unspecified atom stereocenters. The van der Waals surface area contributed by atoms with Gasteiger partial charge in [-0.05, 0) is 177 Å². The summed E-state index contributed by atoms with van der Waals surface area (Å²) in [6, 6.07) is 77.8. The Labute approximate surface area is 457 Å². The molecule has 0 aliphatic rings. The second-order valence-electron chi connectivity index (χ2n) is 16.7.